The van der Waals surface area contributed by atoms with Crippen LogP contribution in [-0.2, 0) is 0 Å². The topological polar surface area (TPSA) is 77.2 Å². The Kier molecular flexibility index (Phi) is 3.97. The Morgan fingerprint density at radius 1 is 1.32 bits per heavy atom. The number of nitrogens with one attached hydrogen (secondary N) is 1. The van der Waals surface area contributed by atoms with Crippen molar-refractivity contribution in [2.24, 2.45) is 0 Å². The van der Waals surface area contributed by atoms with E-state index in [-0.39, 0.29) is 5.91 Å². The summed E-state index contributed by atoms with van der Waals surface area (Å²) in [6.07, 6.45) is 1.50. The predicted octanol–water partition coefficient (Wildman–Crippen LogP) is 2.31. The third-order valence-electron chi connectivity index (χ3n) is 2.47. The zero-order valence-corrected chi connectivity index (χ0v) is 10.6. The number of hydrogen-bond acceptors (Lipinski definition) is 4. The minimum absolute atomic E-state index is 0.224. The lowest BCUT2D eigenvalue weighted by atomic mass is 10.2. The molecule has 1 heterocycles. The Labute approximate surface area is 111 Å². The normalized spacial score (nSPS) is 9.95. The quantitative estimate of drug-likeness (QED) is 0.881. The molecule has 0 saturated heterocycles. The highest BCUT2D eigenvalue weighted by molar-refractivity contribution is 6.04. The lowest BCUT2D eigenvalue weighted by Gasteiger charge is -2.07. The molecule has 1 aromatic carbocycles. The lowest BCUT2D eigenvalue weighted by molar-refractivity contribution is 0.102. The molecule has 5 nitrogen and oxygen atoms in total. The average molecular weight is 257 g/mol. The maximum Gasteiger partial charge on any atom is 0.255 e. The Balaban J connectivity index is 2.06. The molecule has 0 saturated carbocycles. The van der Waals surface area contributed by atoms with Gasteiger partial charge in [0.25, 0.3) is 5.91 Å². The van der Waals surface area contributed by atoms with Crippen LogP contribution in [0.1, 0.15) is 17.3 Å². The van der Waals surface area contributed by atoms with Crippen LogP contribution in [-0.4, -0.2) is 17.5 Å². The van der Waals surface area contributed by atoms with Crippen molar-refractivity contribution in [2.75, 3.05) is 17.7 Å². The van der Waals surface area contributed by atoms with Gasteiger partial charge in [0.2, 0.25) is 0 Å². The molecule has 0 aliphatic carbocycles. The number of benzene rings is 1. The van der Waals surface area contributed by atoms with E-state index in [1.807, 2.05) is 6.92 Å². The molecule has 0 aliphatic rings. The maximum atomic E-state index is 12.0. The number of nitrogens with zero attached hydrogens (tertiary/aromatic N) is 1. The fourth-order valence-corrected chi connectivity index (χ4v) is 1.59. The first-order valence-corrected chi connectivity index (χ1v) is 5.95. The third-order valence-corrected chi connectivity index (χ3v) is 2.47. The number of pyridine rings is 1. The second kappa shape index (κ2) is 5.86. The van der Waals surface area contributed by atoms with Crippen molar-refractivity contribution in [1.29, 1.82) is 0 Å². The van der Waals surface area contributed by atoms with Gasteiger partial charge in [0.05, 0.1) is 6.61 Å². The number of ether oxygens (including phenoxy) is 1. The van der Waals surface area contributed by atoms with Crippen LogP contribution in [0.15, 0.2) is 42.6 Å². The van der Waals surface area contributed by atoms with Gasteiger partial charge in [-0.25, -0.2) is 4.98 Å². The molecular formula is C14H15N3O2. The number of carbonyl (C=O) groups is 1. The van der Waals surface area contributed by atoms with E-state index in [1.54, 1.807) is 30.3 Å². The van der Waals surface area contributed by atoms with Gasteiger partial charge in [-0.05, 0) is 43.3 Å². The van der Waals surface area contributed by atoms with Crippen LogP contribution in [0.2, 0.25) is 0 Å². The molecule has 0 atom stereocenters. The van der Waals surface area contributed by atoms with Gasteiger partial charge in [0.1, 0.15) is 11.6 Å². The van der Waals surface area contributed by atoms with Crippen LogP contribution in [0.25, 0.3) is 0 Å². The van der Waals surface area contributed by atoms with Gasteiger partial charge in [0, 0.05) is 17.4 Å². The highest BCUT2D eigenvalue weighted by Gasteiger charge is 2.06. The fourth-order valence-electron chi connectivity index (χ4n) is 1.59. The van der Waals surface area contributed by atoms with Gasteiger partial charge in [-0.15, -0.1) is 0 Å². The summed E-state index contributed by atoms with van der Waals surface area (Å²) in [6, 6.07) is 10.3. The van der Waals surface area contributed by atoms with Crippen LogP contribution in [0.5, 0.6) is 5.75 Å². The van der Waals surface area contributed by atoms with Crippen molar-refractivity contribution in [3.8, 4) is 5.75 Å². The fraction of sp³-hybridized carbons (Fsp3) is 0.143. The van der Waals surface area contributed by atoms with Gasteiger partial charge in [-0.1, -0.05) is 0 Å². The summed E-state index contributed by atoms with van der Waals surface area (Å²) in [4.78, 5) is 15.8. The molecular weight excluding hydrogens is 242 g/mol. The minimum Gasteiger partial charge on any atom is -0.494 e. The van der Waals surface area contributed by atoms with Crippen LogP contribution < -0.4 is 15.8 Å². The molecule has 19 heavy (non-hydrogen) atoms. The number of hydrogen-bond donors (Lipinski definition) is 2. The molecule has 1 amide bonds. The molecule has 1 aromatic heterocycles. The highest BCUT2D eigenvalue weighted by Crippen LogP contribution is 2.16. The standard InChI is InChI=1S/C14H15N3O2/c1-2-19-12-5-3-11(4-6-12)17-14(18)10-7-8-16-13(15)9-10/h3-9H,2H2,1H3,(H2,15,16)(H,17,18). The number of rotatable bonds is 4. The van der Waals surface area contributed by atoms with Crippen LogP contribution >= 0.6 is 0 Å². The highest BCUT2D eigenvalue weighted by atomic mass is 16.5. The van der Waals surface area contributed by atoms with Gasteiger partial charge in [0.15, 0.2) is 0 Å². The molecule has 98 valence electrons. The van der Waals surface area contributed by atoms with Crippen molar-refractivity contribution < 1.29 is 9.53 Å². The van der Waals surface area contributed by atoms with Crippen LogP contribution in [0.4, 0.5) is 11.5 Å². The van der Waals surface area contributed by atoms with E-state index in [1.165, 1.54) is 12.3 Å². The summed E-state index contributed by atoms with van der Waals surface area (Å²) in [5, 5.41) is 2.78. The predicted molar refractivity (Wildman–Crippen MR) is 74.2 cm³/mol. The van der Waals surface area contributed by atoms with E-state index >= 15 is 0 Å². The molecule has 0 aliphatic heterocycles. The van der Waals surface area contributed by atoms with Crippen molar-refractivity contribution in [3.05, 3.63) is 48.2 Å². The molecule has 5 heteroatoms. The van der Waals surface area contributed by atoms with E-state index in [0.29, 0.717) is 23.7 Å². The Morgan fingerprint density at radius 3 is 2.68 bits per heavy atom. The smallest absolute Gasteiger partial charge is 0.255 e. The first kappa shape index (κ1) is 12.9. The van der Waals surface area contributed by atoms with Gasteiger partial charge in [-0.3, -0.25) is 4.79 Å². The average Bonchev–Trinajstić information content (AvgIpc) is 2.41. The summed E-state index contributed by atoms with van der Waals surface area (Å²) in [5.41, 5.74) is 6.71. The van der Waals surface area contributed by atoms with E-state index < -0.39 is 0 Å². The van der Waals surface area contributed by atoms with E-state index in [4.69, 9.17) is 10.5 Å². The van der Waals surface area contributed by atoms with Crippen molar-refractivity contribution in [2.45, 2.75) is 6.92 Å². The molecule has 0 unspecified atom stereocenters. The number of nitrogens with two attached hydrogens (primary N) is 1. The second-order valence-electron chi connectivity index (χ2n) is 3.88. The zero-order chi connectivity index (χ0) is 13.7. The Bertz CT molecular complexity index is 567. The second-order valence-corrected chi connectivity index (χ2v) is 3.88. The Hall–Kier alpha value is -2.56. The third kappa shape index (κ3) is 3.45. The summed E-state index contributed by atoms with van der Waals surface area (Å²) in [7, 11) is 0. The molecule has 0 spiro atoms. The number of nitrogen functional groups attached to an aromatic ring is 1. The van der Waals surface area contributed by atoms with Crippen LogP contribution in [0, 0.1) is 0 Å². The molecule has 3 N–H and O–H groups in total. The van der Waals surface area contributed by atoms with Gasteiger partial charge in [-0.2, -0.15) is 0 Å². The summed E-state index contributed by atoms with van der Waals surface area (Å²) in [5.74, 6) is 0.867. The molecule has 0 bridgehead atoms. The summed E-state index contributed by atoms with van der Waals surface area (Å²) in [6.45, 7) is 2.53. The van der Waals surface area contributed by atoms with E-state index in [9.17, 15) is 4.79 Å². The maximum absolute atomic E-state index is 12.0. The molecule has 2 rings (SSSR count). The molecule has 0 fully saturated rings. The summed E-state index contributed by atoms with van der Waals surface area (Å²) < 4.78 is 5.33. The SMILES string of the molecule is CCOc1ccc(NC(=O)c2ccnc(N)c2)cc1. The van der Waals surface area contributed by atoms with E-state index in [2.05, 4.69) is 10.3 Å². The number of carbonyl (C=O) groups excluding carboxylic acids is 1. The largest absolute Gasteiger partial charge is 0.494 e. The number of anilines is 2. The molecule has 0 radical (unpaired) electrons. The van der Waals surface area contributed by atoms with Crippen molar-refractivity contribution >= 4 is 17.4 Å². The molecule has 2 aromatic rings. The van der Waals surface area contributed by atoms with E-state index in [0.717, 1.165) is 5.75 Å². The monoisotopic (exact) mass is 257 g/mol. The Morgan fingerprint density at radius 2 is 2.05 bits per heavy atom. The first-order chi connectivity index (χ1) is 9.19. The number of aromatic nitrogens is 1. The first-order valence-electron chi connectivity index (χ1n) is 5.95. The van der Waals surface area contributed by atoms with Gasteiger partial charge >= 0.3 is 0 Å². The minimum atomic E-state index is -0.224. The lowest BCUT2D eigenvalue weighted by Crippen LogP contribution is -2.12. The van der Waals surface area contributed by atoms with Gasteiger partial charge < -0.3 is 15.8 Å². The van der Waals surface area contributed by atoms with Crippen molar-refractivity contribution in [3.63, 3.8) is 0 Å². The number of amides is 1. The van der Waals surface area contributed by atoms with Crippen molar-refractivity contribution in [1.82, 2.24) is 4.98 Å². The zero-order valence-electron chi connectivity index (χ0n) is 10.6. The summed E-state index contributed by atoms with van der Waals surface area (Å²) >= 11 is 0. The van der Waals surface area contributed by atoms with Crippen LogP contribution in [0.3, 0.4) is 0 Å².